The Morgan fingerprint density at radius 1 is 1.25 bits per heavy atom. The number of rotatable bonds is 5. The zero-order valence-corrected chi connectivity index (χ0v) is 16.4. The molecule has 0 radical (unpaired) electrons. The Bertz CT molecular complexity index is 856. The largest absolute Gasteiger partial charge is 0.361 e. The molecule has 1 fully saturated rings. The quantitative estimate of drug-likeness (QED) is 0.820. The van der Waals surface area contributed by atoms with Gasteiger partial charge in [0.05, 0.1) is 11.2 Å². The van der Waals surface area contributed by atoms with Crippen molar-refractivity contribution >= 4 is 29.1 Å². The van der Waals surface area contributed by atoms with Gasteiger partial charge < -0.3 is 10.2 Å². The number of nitrogens with one attached hydrogen (secondary N) is 1. The molecule has 3 aliphatic rings. The zero-order valence-electron chi connectivity index (χ0n) is 15.6. The second kappa shape index (κ2) is 8.27. The summed E-state index contributed by atoms with van der Waals surface area (Å²) < 4.78 is 0. The maximum atomic E-state index is 13.1. The number of anilines is 1. The third-order valence-corrected chi connectivity index (χ3v) is 6.10. The van der Waals surface area contributed by atoms with Gasteiger partial charge >= 0.3 is 0 Å². The summed E-state index contributed by atoms with van der Waals surface area (Å²) in [5, 5.41) is 3.14. The number of amides is 1. The zero-order chi connectivity index (χ0) is 19.5. The molecule has 0 saturated heterocycles. The first-order valence-electron chi connectivity index (χ1n) is 9.77. The number of ketones is 1. The molecule has 2 heterocycles. The average Bonchev–Trinajstić information content (AvgIpc) is 3.15. The van der Waals surface area contributed by atoms with E-state index in [0.29, 0.717) is 18.3 Å². The van der Waals surface area contributed by atoms with Crippen molar-refractivity contribution in [3.8, 4) is 0 Å². The summed E-state index contributed by atoms with van der Waals surface area (Å²) in [6, 6.07) is -0.344. The van der Waals surface area contributed by atoms with Crippen LogP contribution in [0.1, 0.15) is 38.5 Å². The van der Waals surface area contributed by atoms with Crippen LogP contribution in [0.3, 0.4) is 0 Å². The number of halogens is 1. The fourth-order valence-corrected chi connectivity index (χ4v) is 4.44. The highest BCUT2D eigenvalue weighted by Gasteiger charge is 2.34. The summed E-state index contributed by atoms with van der Waals surface area (Å²) in [4.78, 5) is 35.2. The van der Waals surface area contributed by atoms with Gasteiger partial charge in [0.25, 0.3) is 0 Å². The predicted molar refractivity (Wildman–Crippen MR) is 107 cm³/mol. The van der Waals surface area contributed by atoms with E-state index in [1.54, 1.807) is 24.7 Å². The Hall–Kier alpha value is -2.47. The normalized spacial score (nSPS) is 20.8. The molecule has 1 aromatic heterocycles. The SMILES string of the molecule is O=C1C=CC2=CN([C@@H](CC3CCCCC3)C(=O)Nc3cnccn3)CC2=C1Cl. The van der Waals surface area contributed by atoms with Crippen LogP contribution in [0.15, 0.2) is 53.1 Å². The fourth-order valence-electron chi connectivity index (χ4n) is 4.21. The molecule has 1 aromatic rings. The van der Waals surface area contributed by atoms with E-state index in [1.807, 2.05) is 11.1 Å². The monoisotopic (exact) mass is 398 g/mol. The van der Waals surface area contributed by atoms with Gasteiger partial charge in [-0.1, -0.05) is 43.7 Å². The standard InChI is InChI=1S/C21H23ClN4O2/c22-20-16-13-26(12-15(16)6-7-18(20)27)17(10-14-4-2-1-3-5-14)21(28)25-19-11-23-8-9-24-19/h6-9,11-12,14,17H,1-5,10,13H2,(H,24,25,28)/t17-/m0/s1. The van der Waals surface area contributed by atoms with Gasteiger partial charge in [0.2, 0.25) is 5.91 Å². The van der Waals surface area contributed by atoms with Gasteiger partial charge in [0, 0.05) is 30.7 Å². The van der Waals surface area contributed by atoms with E-state index in [1.165, 1.54) is 25.3 Å². The minimum Gasteiger partial charge on any atom is -0.361 e. The lowest BCUT2D eigenvalue weighted by Crippen LogP contribution is -2.42. The Labute approximate surface area is 169 Å². The van der Waals surface area contributed by atoms with Crippen LogP contribution in [0.5, 0.6) is 0 Å². The number of aromatic nitrogens is 2. The second-order valence-corrected chi connectivity index (χ2v) is 7.96. The second-order valence-electron chi connectivity index (χ2n) is 7.58. The average molecular weight is 399 g/mol. The van der Waals surface area contributed by atoms with Crippen molar-refractivity contribution in [2.24, 2.45) is 5.92 Å². The maximum absolute atomic E-state index is 13.1. The van der Waals surface area contributed by atoms with E-state index in [4.69, 9.17) is 11.6 Å². The molecular weight excluding hydrogens is 376 g/mol. The third kappa shape index (κ3) is 4.02. The summed E-state index contributed by atoms with van der Waals surface area (Å²) in [6.07, 6.45) is 16.7. The minimum absolute atomic E-state index is 0.103. The highest BCUT2D eigenvalue weighted by atomic mass is 35.5. The summed E-state index contributed by atoms with van der Waals surface area (Å²) in [6.45, 7) is 0.468. The van der Waals surface area contributed by atoms with Crippen LogP contribution in [0.4, 0.5) is 5.82 Å². The van der Waals surface area contributed by atoms with Gasteiger partial charge in [-0.15, -0.1) is 0 Å². The number of allylic oxidation sites excluding steroid dienone is 3. The molecule has 0 bridgehead atoms. The predicted octanol–water partition coefficient (Wildman–Crippen LogP) is 3.59. The number of carbonyl (C=O) groups is 2. The van der Waals surface area contributed by atoms with Crippen molar-refractivity contribution in [3.05, 3.63) is 53.1 Å². The first kappa shape index (κ1) is 18.9. The highest BCUT2D eigenvalue weighted by Crippen LogP contribution is 2.35. The van der Waals surface area contributed by atoms with Gasteiger partial charge in [0.15, 0.2) is 11.6 Å². The lowest BCUT2D eigenvalue weighted by atomic mass is 9.84. The van der Waals surface area contributed by atoms with E-state index in [-0.39, 0.29) is 22.8 Å². The van der Waals surface area contributed by atoms with Gasteiger partial charge in [-0.3, -0.25) is 14.6 Å². The van der Waals surface area contributed by atoms with E-state index in [9.17, 15) is 9.59 Å². The molecule has 6 nitrogen and oxygen atoms in total. The summed E-state index contributed by atoms with van der Waals surface area (Å²) in [7, 11) is 0. The van der Waals surface area contributed by atoms with Crippen LogP contribution in [-0.2, 0) is 9.59 Å². The molecule has 0 spiro atoms. The van der Waals surface area contributed by atoms with Crippen LogP contribution in [0.2, 0.25) is 0 Å². The van der Waals surface area contributed by atoms with E-state index in [2.05, 4.69) is 15.3 Å². The minimum atomic E-state index is -0.344. The number of nitrogens with zero attached hydrogens (tertiary/aromatic N) is 3. The molecule has 1 amide bonds. The fraction of sp³-hybridized carbons (Fsp3) is 0.429. The Kier molecular flexibility index (Phi) is 5.57. The van der Waals surface area contributed by atoms with Crippen molar-refractivity contribution < 1.29 is 9.59 Å². The van der Waals surface area contributed by atoms with Crippen molar-refractivity contribution in [1.29, 1.82) is 0 Å². The Morgan fingerprint density at radius 2 is 2.07 bits per heavy atom. The number of carbonyl (C=O) groups excluding carboxylic acids is 2. The van der Waals surface area contributed by atoms with Crippen molar-refractivity contribution in [2.45, 2.75) is 44.6 Å². The van der Waals surface area contributed by atoms with Gasteiger partial charge in [-0.05, 0) is 30.1 Å². The van der Waals surface area contributed by atoms with Gasteiger partial charge in [-0.2, -0.15) is 0 Å². The molecule has 0 unspecified atom stereocenters. The van der Waals surface area contributed by atoms with E-state index in [0.717, 1.165) is 30.4 Å². The topological polar surface area (TPSA) is 75.2 Å². The molecule has 0 aromatic carbocycles. The number of hydrogen-bond acceptors (Lipinski definition) is 5. The third-order valence-electron chi connectivity index (χ3n) is 5.69. The van der Waals surface area contributed by atoms with Gasteiger partial charge in [0.1, 0.15) is 6.04 Å². The molecule has 4 rings (SSSR count). The summed E-state index contributed by atoms with van der Waals surface area (Å²) in [5.41, 5.74) is 1.71. The first-order valence-corrected chi connectivity index (χ1v) is 10.2. The lowest BCUT2D eigenvalue weighted by Gasteiger charge is -2.31. The Morgan fingerprint density at radius 3 is 2.82 bits per heavy atom. The maximum Gasteiger partial charge on any atom is 0.248 e. The van der Waals surface area contributed by atoms with Crippen LogP contribution < -0.4 is 5.32 Å². The van der Waals surface area contributed by atoms with Crippen molar-refractivity contribution in [3.63, 3.8) is 0 Å². The van der Waals surface area contributed by atoms with E-state index < -0.39 is 0 Å². The molecule has 1 saturated carbocycles. The lowest BCUT2D eigenvalue weighted by molar-refractivity contribution is -0.121. The first-order chi connectivity index (χ1) is 13.6. The Balaban J connectivity index is 1.56. The van der Waals surface area contributed by atoms with Crippen molar-refractivity contribution in [2.75, 3.05) is 11.9 Å². The smallest absolute Gasteiger partial charge is 0.248 e. The van der Waals surface area contributed by atoms with Gasteiger partial charge in [-0.25, -0.2) is 4.98 Å². The molecule has 28 heavy (non-hydrogen) atoms. The molecule has 1 atom stereocenters. The van der Waals surface area contributed by atoms with Crippen LogP contribution >= 0.6 is 11.6 Å². The molecule has 1 N–H and O–H groups in total. The molecule has 2 aliphatic carbocycles. The molecule has 146 valence electrons. The highest BCUT2D eigenvalue weighted by molar-refractivity contribution is 6.45. The number of fused-ring (bicyclic) bond motifs is 1. The van der Waals surface area contributed by atoms with E-state index >= 15 is 0 Å². The van der Waals surface area contributed by atoms with Crippen molar-refractivity contribution in [1.82, 2.24) is 14.9 Å². The molecule has 7 heteroatoms. The summed E-state index contributed by atoms with van der Waals surface area (Å²) in [5.74, 6) is 0.684. The summed E-state index contributed by atoms with van der Waals surface area (Å²) >= 11 is 6.23. The van der Waals surface area contributed by atoms with Crippen LogP contribution in [0, 0.1) is 5.92 Å². The molecular formula is C21H23ClN4O2. The number of hydrogen-bond donors (Lipinski definition) is 1. The van der Waals surface area contributed by atoms with Crippen LogP contribution in [0.25, 0.3) is 0 Å². The molecule has 1 aliphatic heterocycles. The van der Waals surface area contributed by atoms with Crippen LogP contribution in [-0.4, -0.2) is 39.1 Å².